The van der Waals surface area contributed by atoms with E-state index >= 15 is 0 Å². The second kappa shape index (κ2) is 19.2. The van der Waals surface area contributed by atoms with E-state index in [1.165, 1.54) is 0 Å². The third-order valence-electron chi connectivity index (χ3n) is 6.85. The summed E-state index contributed by atoms with van der Waals surface area (Å²) >= 11 is 5.65. The van der Waals surface area contributed by atoms with E-state index in [2.05, 4.69) is 30.6 Å². The maximum atomic E-state index is 12.8. The minimum absolute atomic E-state index is 0.0170. The van der Waals surface area contributed by atoms with Gasteiger partial charge >= 0.3 is 5.97 Å². The zero-order chi connectivity index (χ0) is 33.3. The molecule has 0 aliphatic heterocycles. The molecule has 7 N–H and O–H groups in total. The largest absolute Gasteiger partial charge is 0.480 e. The summed E-state index contributed by atoms with van der Waals surface area (Å²) < 4.78 is 10.9. The Morgan fingerprint density at radius 2 is 1.70 bits per heavy atom. The molecule has 16 heteroatoms. The van der Waals surface area contributed by atoms with Crippen molar-refractivity contribution in [3.05, 3.63) is 41.7 Å². The predicted octanol–water partition coefficient (Wildman–Crippen LogP) is 2.13. The number of nitrogens with two attached hydrogens (primary N) is 2. The van der Waals surface area contributed by atoms with E-state index in [4.69, 9.17) is 32.5 Å². The Hall–Kier alpha value is -4.34. The number of halogens is 1. The Labute approximate surface area is 272 Å². The number of alkyl halides is 1. The van der Waals surface area contributed by atoms with E-state index in [0.717, 1.165) is 31.4 Å². The van der Waals surface area contributed by atoms with Gasteiger partial charge in [-0.25, -0.2) is 14.8 Å². The summed E-state index contributed by atoms with van der Waals surface area (Å²) in [6.45, 7) is 2.55. The Balaban J connectivity index is 1.37. The molecule has 46 heavy (non-hydrogen) atoms. The minimum atomic E-state index is -1.23. The van der Waals surface area contributed by atoms with Gasteiger partial charge in [-0.15, -0.1) is 11.6 Å². The second-order valence-electron chi connectivity index (χ2n) is 10.5. The number of anilines is 3. The molecule has 1 aromatic carbocycles. The smallest absolute Gasteiger partial charge is 0.326 e. The van der Waals surface area contributed by atoms with E-state index in [0.29, 0.717) is 55.7 Å². The normalized spacial score (nSPS) is 11.7. The highest BCUT2D eigenvalue weighted by molar-refractivity contribution is 6.17. The Kier molecular flexibility index (Phi) is 15.1. The van der Waals surface area contributed by atoms with Crippen molar-refractivity contribution >= 4 is 58.0 Å². The molecule has 0 saturated carbocycles. The molecule has 0 aliphatic rings. The molecule has 250 valence electrons. The minimum Gasteiger partial charge on any atom is -0.480 e. The van der Waals surface area contributed by atoms with Crippen molar-refractivity contribution in [3.63, 3.8) is 0 Å². The number of carboxylic acids is 1. The van der Waals surface area contributed by atoms with Gasteiger partial charge in [0.1, 0.15) is 6.04 Å². The van der Waals surface area contributed by atoms with Crippen LogP contribution in [0.3, 0.4) is 0 Å². The molecule has 3 rings (SSSR count). The lowest BCUT2D eigenvalue weighted by Gasteiger charge is -2.19. The van der Waals surface area contributed by atoms with Gasteiger partial charge in [0.2, 0.25) is 11.9 Å². The first-order valence-electron chi connectivity index (χ1n) is 15.1. The summed E-state index contributed by atoms with van der Waals surface area (Å²) in [5, 5.41) is 14.8. The molecule has 2 aromatic heterocycles. The first-order chi connectivity index (χ1) is 22.2. The number of benzene rings is 1. The summed E-state index contributed by atoms with van der Waals surface area (Å²) in [5.41, 5.74) is 13.8. The van der Waals surface area contributed by atoms with Gasteiger partial charge in [-0.2, -0.15) is 9.97 Å². The predicted molar refractivity (Wildman–Crippen MR) is 174 cm³/mol. The number of fused-ring (bicyclic) bond motifs is 1. The van der Waals surface area contributed by atoms with Crippen LogP contribution in [0.25, 0.3) is 11.2 Å². The Morgan fingerprint density at radius 3 is 2.41 bits per heavy atom. The molecular formula is C30H42ClN9O6. The molecule has 0 spiro atoms. The van der Waals surface area contributed by atoms with E-state index < -0.39 is 17.9 Å². The molecule has 2 heterocycles. The van der Waals surface area contributed by atoms with Crippen molar-refractivity contribution in [3.8, 4) is 0 Å². The number of ether oxygens (including phenoxy) is 2. The van der Waals surface area contributed by atoms with Gasteiger partial charge in [0, 0.05) is 43.8 Å². The van der Waals surface area contributed by atoms with Gasteiger partial charge in [-0.1, -0.05) is 12.8 Å². The summed E-state index contributed by atoms with van der Waals surface area (Å²) in [4.78, 5) is 55.3. The van der Waals surface area contributed by atoms with Gasteiger partial charge in [0.15, 0.2) is 17.0 Å². The average Bonchev–Trinajstić information content (AvgIpc) is 3.03. The summed E-state index contributed by atoms with van der Waals surface area (Å²) in [5.74, 6) is -1.29. The highest BCUT2D eigenvalue weighted by Gasteiger charge is 2.22. The number of unbranched alkanes of at least 4 members (excludes halogenated alkanes) is 3. The number of rotatable bonds is 21. The highest BCUT2D eigenvalue weighted by Crippen LogP contribution is 2.19. The summed E-state index contributed by atoms with van der Waals surface area (Å²) in [6.07, 6.45) is 5.63. The fourth-order valence-corrected chi connectivity index (χ4v) is 4.55. The lowest BCUT2D eigenvalue weighted by Crippen LogP contribution is -2.41. The van der Waals surface area contributed by atoms with Gasteiger partial charge in [0.05, 0.1) is 38.3 Å². The maximum Gasteiger partial charge on any atom is 0.326 e. The lowest BCUT2D eigenvalue weighted by molar-refractivity contribution is -0.139. The van der Waals surface area contributed by atoms with Crippen LogP contribution in [0.1, 0.15) is 54.6 Å². The third kappa shape index (κ3) is 12.2. The van der Waals surface area contributed by atoms with Crippen LogP contribution in [0.15, 0.2) is 30.5 Å². The van der Waals surface area contributed by atoms with Crippen molar-refractivity contribution in [1.29, 1.82) is 0 Å². The summed E-state index contributed by atoms with van der Waals surface area (Å²) in [7, 11) is 1.84. The molecule has 15 nitrogen and oxygen atoms in total. The zero-order valence-corrected chi connectivity index (χ0v) is 26.7. The number of carbonyl (C=O) groups excluding carboxylic acids is 2. The number of carbonyl (C=O) groups is 3. The van der Waals surface area contributed by atoms with Gasteiger partial charge < -0.3 is 41.6 Å². The first kappa shape index (κ1) is 36.1. The van der Waals surface area contributed by atoms with Crippen LogP contribution in [0.5, 0.6) is 0 Å². The van der Waals surface area contributed by atoms with E-state index in [-0.39, 0.29) is 42.6 Å². The van der Waals surface area contributed by atoms with Crippen LogP contribution in [-0.2, 0) is 25.6 Å². The molecular weight excluding hydrogens is 618 g/mol. The van der Waals surface area contributed by atoms with Crippen molar-refractivity contribution in [1.82, 2.24) is 30.6 Å². The highest BCUT2D eigenvalue weighted by atomic mass is 35.5. The van der Waals surface area contributed by atoms with Crippen LogP contribution in [0.4, 0.5) is 17.5 Å². The molecule has 1 atom stereocenters. The number of aliphatic carboxylic acids is 1. The number of aromatic nitrogens is 4. The number of hydrogen-bond acceptors (Lipinski definition) is 12. The number of nitrogens with one attached hydrogen (secondary N) is 2. The Morgan fingerprint density at radius 1 is 0.978 bits per heavy atom. The van der Waals surface area contributed by atoms with Crippen LogP contribution in [0.2, 0.25) is 0 Å². The second-order valence-corrected chi connectivity index (χ2v) is 10.9. The lowest BCUT2D eigenvalue weighted by atomic mass is 10.1. The van der Waals surface area contributed by atoms with E-state index in [1.54, 1.807) is 30.5 Å². The van der Waals surface area contributed by atoms with Crippen molar-refractivity contribution in [2.45, 2.75) is 51.1 Å². The molecule has 0 fully saturated rings. The number of hydrogen-bond donors (Lipinski definition) is 5. The zero-order valence-electron chi connectivity index (χ0n) is 25.9. The number of carboxylic acid groups (broad SMARTS) is 1. The fraction of sp³-hybridized carbons (Fsp3) is 0.500. The van der Waals surface area contributed by atoms with Crippen LogP contribution in [-0.4, -0.2) is 94.8 Å². The van der Waals surface area contributed by atoms with Crippen molar-refractivity contribution in [2.75, 3.05) is 62.3 Å². The van der Waals surface area contributed by atoms with Crippen LogP contribution < -0.4 is 27.0 Å². The first-order valence-corrected chi connectivity index (χ1v) is 15.6. The molecule has 0 saturated heterocycles. The molecule has 0 radical (unpaired) electrons. The SMILES string of the molecule is CN(Cc1cnc2nc(N)nc(N)c2n1)c1ccc(C(=O)NC(CCC(=O)NCCOCCOCCCCCCCl)C(=O)O)cc1. The van der Waals surface area contributed by atoms with Crippen molar-refractivity contribution in [2.24, 2.45) is 0 Å². The maximum absolute atomic E-state index is 12.8. The van der Waals surface area contributed by atoms with Crippen LogP contribution in [0, 0.1) is 0 Å². The van der Waals surface area contributed by atoms with Gasteiger partial charge in [-0.3, -0.25) is 9.59 Å². The standard InChI is InChI=1S/C30H42ClN9O6/c1-40(19-21-18-35-27-25(36-21)26(32)38-30(33)39-27)22-8-6-20(7-9-22)28(42)37-23(29(43)44)10-11-24(41)34-13-15-46-17-16-45-14-5-3-2-4-12-31/h6-9,18,23H,2-5,10-17,19H2,1H3,(H,34,41)(H,37,42)(H,43,44)(H4,32,33,35,38,39). The molecule has 3 aromatic rings. The van der Waals surface area contributed by atoms with Crippen LogP contribution >= 0.6 is 11.6 Å². The molecule has 0 aliphatic carbocycles. The third-order valence-corrected chi connectivity index (χ3v) is 7.11. The quantitative estimate of drug-likeness (QED) is 0.0818. The fourth-order valence-electron chi connectivity index (χ4n) is 4.36. The average molecular weight is 660 g/mol. The van der Waals surface area contributed by atoms with Crippen molar-refractivity contribution < 1.29 is 29.0 Å². The van der Waals surface area contributed by atoms with E-state index in [9.17, 15) is 19.5 Å². The molecule has 0 bridgehead atoms. The molecule has 2 amide bonds. The number of nitrogen functional groups attached to an aromatic ring is 2. The topological polar surface area (TPSA) is 221 Å². The Bertz CT molecular complexity index is 1430. The monoisotopic (exact) mass is 659 g/mol. The number of amides is 2. The van der Waals surface area contributed by atoms with Gasteiger partial charge in [0.25, 0.3) is 5.91 Å². The number of nitrogens with zero attached hydrogens (tertiary/aromatic N) is 5. The van der Waals surface area contributed by atoms with E-state index in [1.807, 2.05) is 11.9 Å². The van der Waals surface area contributed by atoms with Gasteiger partial charge in [-0.05, 0) is 43.5 Å². The molecule has 1 unspecified atom stereocenters. The summed E-state index contributed by atoms with van der Waals surface area (Å²) in [6, 6.07) is 5.39.